The molecular formula is C10H9N2OP. The van der Waals surface area contributed by atoms with Gasteiger partial charge in [-0.1, -0.05) is 30.3 Å². The van der Waals surface area contributed by atoms with E-state index in [0.717, 1.165) is 5.30 Å². The maximum absolute atomic E-state index is 11.9. The average molecular weight is 204 g/mol. The zero-order valence-electron chi connectivity index (χ0n) is 7.42. The number of nitrogens with zero attached hydrogens (tertiary/aromatic N) is 2. The van der Waals surface area contributed by atoms with Crippen LogP contribution < -0.4 is 10.7 Å². The van der Waals surface area contributed by atoms with Crippen LogP contribution in [0.4, 0.5) is 0 Å². The van der Waals surface area contributed by atoms with Crippen molar-refractivity contribution in [1.82, 2.24) is 9.97 Å². The van der Waals surface area contributed by atoms with Gasteiger partial charge in [0.2, 0.25) is 0 Å². The molecule has 3 nitrogen and oxygen atoms in total. The second kappa shape index (κ2) is 4.16. The molecule has 0 aliphatic carbocycles. The second-order valence-corrected chi connectivity index (χ2v) is 4.53. The molecule has 0 radical (unpaired) electrons. The molecule has 0 aliphatic rings. The van der Waals surface area contributed by atoms with Gasteiger partial charge in [-0.2, -0.15) is 0 Å². The van der Waals surface area contributed by atoms with Crippen LogP contribution in [0.15, 0.2) is 48.9 Å². The molecule has 2 rings (SSSR count). The molecule has 1 aromatic carbocycles. The number of hydrogen-bond acceptors (Lipinski definition) is 3. The molecule has 70 valence electrons. The number of hydrogen-bond donors (Lipinski definition) is 0. The Morgan fingerprint density at radius 2 is 1.86 bits per heavy atom. The Kier molecular flexibility index (Phi) is 2.70. The summed E-state index contributed by atoms with van der Waals surface area (Å²) in [6, 6.07) is 9.32. The third kappa shape index (κ3) is 1.88. The van der Waals surface area contributed by atoms with E-state index in [1.807, 2.05) is 30.3 Å². The van der Waals surface area contributed by atoms with Gasteiger partial charge in [0.25, 0.3) is 0 Å². The van der Waals surface area contributed by atoms with Crippen LogP contribution in [0.1, 0.15) is 0 Å². The van der Waals surface area contributed by atoms with E-state index in [1.165, 1.54) is 0 Å². The quantitative estimate of drug-likeness (QED) is 0.685. The van der Waals surface area contributed by atoms with Crippen molar-refractivity contribution >= 4 is 18.5 Å². The van der Waals surface area contributed by atoms with Gasteiger partial charge < -0.3 is 4.57 Å². The van der Waals surface area contributed by atoms with Crippen LogP contribution in [0, 0.1) is 0 Å². The van der Waals surface area contributed by atoms with Crippen molar-refractivity contribution in [1.29, 1.82) is 0 Å². The van der Waals surface area contributed by atoms with Gasteiger partial charge in [-0.05, 0) is 0 Å². The number of aromatic nitrogens is 2. The fraction of sp³-hybridized carbons (Fsp3) is 0. The van der Waals surface area contributed by atoms with E-state index >= 15 is 0 Å². The Bertz CT molecular complexity index is 389. The van der Waals surface area contributed by atoms with Crippen LogP contribution in [0.2, 0.25) is 0 Å². The van der Waals surface area contributed by atoms with Gasteiger partial charge in [-0.15, -0.1) is 0 Å². The molecule has 0 amide bonds. The highest BCUT2D eigenvalue weighted by atomic mass is 31.1. The lowest BCUT2D eigenvalue weighted by atomic mass is 10.4. The summed E-state index contributed by atoms with van der Waals surface area (Å²) in [5.41, 5.74) is 0.559. The van der Waals surface area contributed by atoms with Gasteiger partial charge in [0, 0.05) is 17.7 Å². The van der Waals surface area contributed by atoms with Gasteiger partial charge in [0.05, 0.1) is 6.20 Å². The van der Waals surface area contributed by atoms with Crippen LogP contribution in [0.5, 0.6) is 0 Å². The van der Waals surface area contributed by atoms with Crippen LogP contribution >= 0.6 is 7.80 Å². The third-order valence-corrected chi connectivity index (χ3v) is 3.41. The minimum Gasteiger partial charge on any atom is -0.315 e. The predicted molar refractivity (Wildman–Crippen MR) is 56.7 cm³/mol. The van der Waals surface area contributed by atoms with E-state index in [0.29, 0.717) is 5.44 Å². The Labute approximate surface area is 82.6 Å². The molecule has 0 saturated heterocycles. The summed E-state index contributed by atoms with van der Waals surface area (Å²) in [6.07, 6.45) is 4.68. The lowest BCUT2D eigenvalue weighted by Crippen LogP contribution is -2.09. The first-order valence-corrected chi connectivity index (χ1v) is 5.64. The summed E-state index contributed by atoms with van der Waals surface area (Å²) in [7, 11) is -1.97. The summed E-state index contributed by atoms with van der Waals surface area (Å²) < 4.78 is 11.9. The lowest BCUT2D eigenvalue weighted by molar-refractivity contribution is 0.597. The molecule has 0 bridgehead atoms. The average Bonchev–Trinajstić information content (AvgIpc) is 2.30. The van der Waals surface area contributed by atoms with E-state index < -0.39 is 7.80 Å². The van der Waals surface area contributed by atoms with Crippen molar-refractivity contribution < 1.29 is 4.57 Å². The molecule has 0 N–H and O–H groups in total. The fourth-order valence-corrected chi connectivity index (χ4v) is 2.33. The Morgan fingerprint density at radius 1 is 1.07 bits per heavy atom. The van der Waals surface area contributed by atoms with Crippen molar-refractivity contribution in [3.8, 4) is 0 Å². The van der Waals surface area contributed by atoms with Crippen molar-refractivity contribution in [2.45, 2.75) is 0 Å². The molecule has 1 unspecified atom stereocenters. The zero-order chi connectivity index (χ0) is 9.80. The molecular weight excluding hydrogens is 195 g/mol. The molecule has 14 heavy (non-hydrogen) atoms. The van der Waals surface area contributed by atoms with Gasteiger partial charge in [-0.3, -0.25) is 4.98 Å². The first-order valence-electron chi connectivity index (χ1n) is 4.24. The molecule has 2 aromatic rings. The maximum atomic E-state index is 11.9. The van der Waals surface area contributed by atoms with E-state index in [9.17, 15) is 4.57 Å². The van der Waals surface area contributed by atoms with E-state index in [1.54, 1.807) is 18.6 Å². The van der Waals surface area contributed by atoms with E-state index in [4.69, 9.17) is 0 Å². The standard InChI is InChI=1S/C10H9N2OP/c13-14(9-4-2-1-3-5-9)10-8-11-6-7-12-10/h1-8,14H. The molecule has 0 aliphatic heterocycles. The van der Waals surface area contributed by atoms with Crippen molar-refractivity contribution in [3.63, 3.8) is 0 Å². The van der Waals surface area contributed by atoms with Crippen LogP contribution in [-0.4, -0.2) is 9.97 Å². The SMILES string of the molecule is O=[PH](c1ccccc1)c1cnccn1. The third-order valence-electron chi connectivity index (χ3n) is 1.83. The predicted octanol–water partition coefficient (Wildman–Crippen LogP) is 0.987. The van der Waals surface area contributed by atoms with Crippen LogP contribution in [0.3, 0.4) is 0 Å². The summed E-state index contributed by atoms with van der Waals surface area (Å²) in [5, 5.41) is 0.818. The van der Waals surface area contributed by atoms with Crippen LogP contribution in [0.25, 0.3) is 0 Å². The topological polar surface area (TPSA) is 42.9 Å². The van der Waals surface area contributed by atoms with Crippen molar-refractivity contribution in [2.75, 3.05) is 0 Å². The highest BCUT2D eigenvalue weighted by Gasteiger charge is 2.06. The van der Waals surface area contributed by atoms with Crippen LogP contribution in [-0.2, 0) is 4.57 Å². The molecule has 0 fully saturated rings. The molecule has 0 spiro atoms. The largest absolute Gasteiger partial charge is 0.315 e. The van der Waals surface area contributed by atoms with Crippen molar-refractivity contribution in [2.24, 2.45) is 0 Å². The zero-order valence-corrected chi connectivity index (χ0v) is 8.42. The fourth-order valence-electron chi connectivity index (χ4n) is 1.15. The molecule has 1 heterocycles. The van der Waals surface area contributed by atoms with Crippen molar-refractivity contribution in [3.05, 3.63) is 48.9 Å². The van der Waals surface area contributed by atoms with Gasteiger partial charge in [0.15, 0.2) is 7.80 Å². The van der Waals surface area contributed by atoms with Gasteiger partial charge >= 0.3 is 0 Å². The first kappa shape index (κ1) is 9.10. The van der Waals surface area contributed by atoms with Gasteiger partial charge in [0.1, 0.15) is 5.44 Å². The summed E-state index contributed by atoms with van der Waals surface area (Å²) in [4.78, 5) is 7.92. The lowest BCUT2D eigenvalue weighted by Gasteiger charge is -1.99. The minimum absolute atomic E-state index is 0.559. The highest BCUT2D eigenvalue weighted by Crippen LogP contribution is 2.16. The van der Waals surface area contributed by atoms with E-state index in [-0.39, 0.29) is 0 Å². The molecule has 0 saturated carbocycles. The van der Waals surface area contributed by atoms with E-state index in [2.05, 4.69) is 9.97 Å². The highest BCUT2D eigenvalue weighted by molar-refractivity contribution is 7.61. The Hall–Kier alpha value is -1.47. The number of rotatable bonds is 2. The molecule has 4 heteroatoms. The number of benzene rings is 1. The minimum atomic E-state index is -1.97. The Morgan fingerprint density at radius 3 is 2.50 bits per heavy atom. The smallest absolute Gasteiger partial charge is 0.150 e. The monoisotopic (exact) mass is 204 g/mol. The normalized spacial score (nSPS) is 12.3. The second-order valence-electron chi connectivity index (χ2n) is 2.79. The Balaban J connectivity index is 2.35. The summed E-state index contributed by atoms with van der Waals surface area (Å²) in [5.74, 6) is 0. The maximum Gasteiger partial charge on any atom is 0.150 e. The molecule has 1 aromatic heterocycles. The summed E-state index contributed by atoms with van der Waals surface area (Å²) >= 11 is 0. The molecule has 1 atom stereocenters. The van der Waals surface area contributed by atoms with Gasteiger partial charge in [-0.25, -0.2) is 4.98 Å². The first-order chi connectivity index (χ1) is 6.88. The summed E-state index contributed by atoms with van der Waals surface area (Å²) in [6.45, 7) is 0.